The molecule has 1 amide bonds. The Morgan fingerprint density at radius 3 is 2.49 bits per heavy atom. The van der Waals surface area contributed by atoms with Crippen molar-refractivity contribution in [2.24, 2.45) is 0 Å². The van der Waals surface area contributed by atoms with Crippen LogP contribution in [-0.2, 0) is 4.79 Å². The fraction of sp³-hybridized carbons (Fsp3) is 0.462. The zero-order valence-corrected chi connectivity index (χ0v) is 21.0. The Labute approximate surface area is 210 Å². The zero-order chi connectivity index (χ0) is 24.5. The lowest BCUT2D eigenvalue weighted by Gasteiger charge is -2.42. The molecule has 1 N–H and O–H groups in total. The van der Waals surface area contributed by atoms with Crippen LogP contribution in [0.5, 0.6) is 5.75 Å². The number of aromatic nitrogens is 2. The second-order valence-electron chi connectivity index (χ2n) is 9.50. The van der Waals surface area contributed by atoms with Gasteiger partial charge in [0.2, 0.25) is 0 Å². The summed E-state index contributed by atoms with van der Waals surface area (Å²) in [5.41, 5.74) is 1.54. The number of benzene rings is 2. The topological polar surface area (TPSA) is 73.8 Å². The second-order valence-corrected chi connectivity index (χ2v) is 9.94. The number of halogens is 1. The minimum atomic E-state index is -0.860. The van der Waals surface area contributed by atoms with E-state index in [-0.39, 0.29) is 11.6 Å². The Hall–Kier alpha value is -2.81. The molecule has 5 rings (SSSR count). The number of hydrogen-bond acceptors (Lipinski definition) is 5. The van der Waals surface area contributed by atoms with Gasteiger partial charge in [-0.05, 0) is 57.2 Å². The maximum Gasteiger partial charge on any atom is 0.327 e. The first-order valence-electron chi connectivity index (χ1n) is 12.2. The van der Waals surface area contributed by atoms with E-state index in [4.69, 9.17) is 16.3 Å². The van der Waals surface area contributed by atoms with Crippen LogP contribution in [0.4, 0.5) is 0 Å². The predicted molar refractivity (Wildman–Crippen MR) is 137 cm³/mol. The molecule has 35 heavy (non-hydrogen) atoms. The van der Waals surface area contributed by atoms with Crippen LogP contribution < -0.4 is 10.4 Å². The molecule has 1 unspecified atom stereocenters. The highest BCUT2D eigenvalue weighted by molar-refractivity contribution is 6.31. The van der Waals surface area contributed by atoms with Gasteiger partial charge in [0.1, 0.15) is 11.8 Å². The zero-order valence-electron chi connectivity index (χ0n) is 20.2. The van der Waals surface area contributed by atoms with Gasteiger partial charge >= 0.3 is 5.69 Å². The van der Waals surface area contributed by atoms with Crippen molar-refractivity contribution in [3.63, 3.8) is 0 Å². The lowest BCUT2D eigenvalue weighted by Crippen LogP contribution is -2.55. The third-order valence-corrected chi connectivity index (χ3v) is 7.67. The number of carbonyl (C=O) groups excluding carboxylic acids is 1. The molecular formula is C26H32ClN5O3. The molecule has 2 aromatic carbocycles. The first-order valence-corrected chi connectivity index (χ1v) is 12.6. The Balaban J connectivity index is 1.47. The van der Waals surface area contributed by atoms with E-state index in [1.54, 1.807) is 25.3 Å². The highest BCUT2D eigenvalue weighted by atomic mass is 35.5. The summed E-state index contributed by atoms with van der Waals surface area (Å²) in [6.07, 6.45) is 2.33. The summed E-state index contributed by atoms with van der Waals surface area (Å²) in [5, 5.41) is 0.503. The average Bonchev–Trinajstić information content (AvgIpc) is 3.20. The summed E-state index contributed by atoms with van der Waals surface area (Å²) in [5.74, 6) is 0.458. The van der Waals surface area contributed by atoms with Crippen LogP contribution in [0.25, 0.3) is 11.0 Å². The van der Waals surface area contributed by atoms with Crippen molar-refractivity contribution < 1.29 is 9.53 Å². The molecule has 9 heteroatoms. The maximum absolute atomic E-state index is 14.1. The van der Waals surface area contributed by atoms with Gasteiger partial charge in [0, 0.05) is 42.8 Å². The van der Waals surface area contributed by atoms with E-state index in [1.165, 1.54) is 17.4 Å². The Kier molecular flexibility index (Phi) is 6.86. The first kappa shape index (κ1) is 23.9. The fourth-order valence-corrected chi connectivity index (χ4v) is 5.63. The van der Waals surface area contributed by atoms with Crippen molar-refractivity contribution in [2.45, 2.75) is 24.9 Å². The highest BCUT2D eigenvalue weighted by Gasteiger charge is 2.35. The molecule has 2 aliphatic heterocycles. The van der Waals surface area contributed by atoms with Gasteiger partial charge < -0.3 is 19.5 Å². The number of aromatic amines is 1. The lowest BCUT2D eigenvalue weighted by molar-refractivity contribution is -0.135. The summed E-state index contributed by atoms with van der Waals surface area (Å²) in [6, 6.07) is 12.3. The number of H-pyrrole nitrogens is 1. The Morgan fingerprint density at radius 1 is 1.06 bits per heavy atom. The number of piperazine rings is 1. The van der Waals surface area contributed by atoms with Crippen LogP contribution in [-0.4, -0.2) is 89.6 Å². The molecule has 1 atom stereocenters. The largest absolute Gasteiger partial charge is 0.496 e. The summed E-state index contributed by atoms with van der Waals surface area (Å²) in [4.78, 5) is 36.9. The molecule has 2 fully saturated rings. The summed E-state index contributed by atoms with van der Waals surface area (Å²) in [7, 11) is 3.75. The number of methoxy groups -OCH3 is 1. The fourth-order valence-electron chi connectivity index (χ4n) is 5.47. The number of nitrogens with one attached hydrogen (secondary N) is 1. The van der Waals surface area contributed by atoms with Gasteiger partial charge in [-0.25, -0.2) is 4.79 Å². The van der Waals surface area contributed by atoms with Crippen LogP contribution in [0.2, 0.25) is 5.02 Å². The van der Waals surface area contributed by atoms with Crippen LogP contribution >= 0.6 is 11.6 Å². The van der Waals surface area contributed by atoms with Gasteiger partial charge in [0.15, 0.2) is 0 Å². The number of carbonyl (C=O) groups is 1. The molecule has 0 radical (unpaired) electrons. The van der Waals surface area contributed by atoms with Crippen LogP contribution in [0.1, 0.15) is 24.4 Å². The Bertz CT molecular complexity index is 1260. The van der Waals surface area contributed by atoms with E-state index in [1.807, 2.05) is 29.2 Å². The number of amides is 1. The summed E-state index contributed by atoms with van der Waals surface area (Å²) >= 11 is 6.28. The molecule has 0 spiro atoms. The van der Waals surface area contributed by atoms with Gasteiger partial charge in [0.05, 0.1) is 18.1 Å². The monoisotopic (exact) mass is 497 g/mol. The molecule has 8 nitrogen and oxygen atoms in total. The van der Waals surface area contributed by atoms with Gasteiger partial charge in [-0.3, -0.25) is 14.3 Å². The molecule has 0 aliphatic carbocycles. The average molecular weight is 498 g/mol. The SMILES string of the molecule is COc1ccccc1C(C(=O)N1CCN(C2CCN(C)CC2)CC1)n1c(=O)[nH]c2ccc(Cl)cc21. The van der Waals surface area contributed by atoms with Gasteiger partial charge in [-0.2, -0.15) is 0 Å². The highest BCUT2D eigenvalue weighted by Crippen LogP contribution is 2.32. The maximum atomic E-state index is 14.1. The van der Waals surface area contributed by atoms with Crippen molar-refractivity contribution in [1.82, 2.24) is 24.3 Å². The molecule has 2 aliphatic rings. The molecule has 0 bridgehead atoms. The normalized spacial score (nSPS) is 19.2. The summed E-state index contributed by atoms with van der Waals surface area (Å²) < 4.78 is 7.13. The number of ether oxygens (including phenoxy) is 1. The van der Waals surface area contributed by atoms with E-state index < -0.39 is 6.04 Å². The first-order chi connectivity index (χ1) is 17.0. The van der Waals surface area contributed by atoms with E-state index >= 15 is 0 Å². The number of hydrogen-bond donors (Lipinski definition) is 1. The molecule has 2 saturated heterocycles. The number of fused-ring (bicyclic) bond motifs is 1. The van der Waals surface area contributed by atoms with E-state index in [2.05, 4.69) is 21.8 Å². The van der Waals surface area contributed by atoms with Crippen LogP contribution in [0.15, 0.2) is 47.3 Å². The standard InChI is InChI=1S/C26H32ClN5O3/c1-29-11-9-19(10-12-29)30-13-15-31(16-14-30)25(33)24(20-5-3-4-6-23(20)35-2)32-22-17-18(27)7-8-21(22)28-26(32)34/h3-8,17,19,24H,9-16H2,1-2H3,(H,28,34). The minimum absolute atomic E-state index is 0.111. The van der Waals surface area contributed by atoms with E-state index in [0.717, 1.165) is 26.2 Å². The number of piperidine rings is 1. The molecule has 0 saturated carbocycles. The Morgan fingerprint density at radius 2 is 1.77 bits per heavy atom. The number of imidazole rings is 1. The number of nitrogens with zero attached hydrogens (tertiary/aromatic N) is 4. The number of para-hydroxylation sites is 1. The van der Waals surface area contributed by atoms with Crippen molar-refractivity contribution in [3.8, 4) is 5.75 Å². The molecule has 3 heterocycles. The third-order valence-electron chi connectivity index (χ3n) is 7.44. The van der Waals surface area contributed by atoms with Gasteiger partial charge in [-0.1, -0.05) is 29.8 Å². The van der Waals surface area contributed by atoms with E-state index in [9.17, 15) is 9.59 Å². The van der Waals surface area contributed by atoms with Gasteiger partial charge in [-0.15, -0.1) is 0 Å². The van der Waals surface area contributed by atoms with Crippen molar-refractivity contribution in [1.29, 1.82) is 0 Å². The molecule has 186 valence electrons. The van der Waals surface area contributed by atoms with Crippen molar-refractivity contribution in [2.75, 3.05) is 53.4 Å². The second kappa shape index (κ2) is 10.0. The van der Waals surface area contributed by atoms with Crippen molar-refractivity contribution >= 4 is 28.5 Å². The van der Waals surface area contributed by atoms with Gasteiger partial charge in [0.25, 0.3) is 5.91 Å². The van der Waals surface area contributed by atoms with Crippen LogP contribution in [0.3, 0.4) is 0 Å². The molecular weight excluding hydrogens is 466 g/mol. The smallest absolute Gasteiger partial charge is 0.327 e. The number of rotatable bonds is 5. The lowest BCUT2D eigenvalue weighted by atomic mass is 10.0. The quantitative estimate of drug-likeness (QED) is 0.587. The van der Waals surface area contributed by atoms with Crippen molar-refractivity contribution in [3.05, 3.63) is 63.5 Å². The molecule has 3 aromatic rings. The number of likely N-dealkylation sites (tertiary alicyclic amines) is 1. The van der Waals surface area contributed by atoms with E-state index in [0.29, 0.717) is 46.5 Å². The predicted octanol–water partition coefficient (Wildman–Crippen LogP) is 2.82. The summed E-state index contributed by atoms with van der Waals surface area (Å²) in [6.45, 7) is 5.18. The third kappa shape index (κ3) is 4.70. The van der Waals surface area contributed by atoms with Crippen LogP contribution in [0, 0.1) is 0 Å². The molecule has 1 aromatic heterocycles. The minimum Gasteiger partial charge on any atom is -0.496 e.